The fourth-order valence-corrected chi connectivity index (χ4v) is 3.36. The highest BCUT2D eigenvalue weighted by molar-refractivity contribution is 7.12. The quantitative estimate of drug-likeness (QED) is 0.900. The molecule has 4 heteroatoms. The molecule has 0 bridgehead atoms. The van der Waals surface area contributed by atoms with Gasteiger partial charge in [-0.2, -0.15) is 0 Å². The minimum atomic E-state index is -0.295. The van der Waals surface area contributed by atoms with E-state index in [1.54, 1.807) is 12.3 Å². The molecule has 0 fully saturated rings. The molecule has 2 aromatic rings. The van der Waals surface area contributed by atoms with Crippen LogP contribution in [0.15, 0.2) is 24.4 Å². The maximum atomic E-state index is 13.3. The van der Waals surface area contributed by atoms with E-state index in [9.17, 15) is 4.39 Å². The van der Waals surface area contributed by atoms with Crippen molar-refractivity contribution in [3.63, 3.8) is 0 Å². The molecular formula is C13H13FN2S. The van der Waals surface area contributed by atoms with Crippen LogP contribution in [-0.2, 0) is 19.4 Å². The number of rotatable bonds is 3. The number of aromatic nitrogens is 1. The number of nitrogens with one attached hydrogen (secondary N) is 1. The van der Waals surface area contributed by atoms with Gasteiger partial charge in [0.2, 0.25) is 0 Å². The molecule has 88 valence electrons. The number of hydrogen-bond donors (Lipinski definition) is 1. The Labute approximate surface area is 104 Å². The second-order valence-electron chi connectivity index (χ2n) is 4.20. The van der Waals surface area contributed by atoms with Crippen LogP contribution in [0.4, 0.5) is 10.2 Å². The molecule has 2 heterocycles. The molecule has 0 aliphatic heterocycles. The van der Waals surface area contributed by atoms with Crippen molar-refractivity contribution in [2.24, 2.45) is 0 Å². The molecular weight excluding hydrogens is 235 g/mol. The second kappa shape index (κ2) is 4.45. The largest absolute Gasteiger partial charge is 0.363 e. The summed E-state index contributed by atoms with van der Waals surface area (Å²) in [6.45, 7) is 0.658. The number of hydrogen-bond acceptors (Lipinski definition) is 3. The van der Waals surface area contributed by atoms with Crippen molar-refractivity contribution in [1.82, 2.24) is 4.98 Å². The second-order valence-corrected chi connectivity index (χ2v) is 5.42. The Balaban J connectivity index is 1.70. The Bertz CT molecular complexity index is 514. The van der Waals surface area contributed by atoms with Gasteiger partial charge in [0.05, 0.1) is 6.54 Å². The lowest BCUT2D eigenvalue weighted by Crippen LogP contribution is -2.01. The number of fused-ring (bicyclic) bond motifs is 1. The van der Waals surface area contributed by atoms with Crippen molar-refractivity contribution in [3.8, 4) is 0 Å². The van der Waals surface area contributed by atoms with Crippen molar-refractivity contribution in [1.29, 1.82) is 0 Å². The molecule has 1 aliphatic carbocycles. The Kier molecular flexibility index (Phi) is 2.81. The van der Waals surface area contributed by atoms with E-state index in [-0.39, 0.29) is 5.82 Å². The van der Waals surface area contributed by atoms with E-state index in [0.717, 1.165) is 0 Å². The van der Waals surface area contributed by atoms with Gasteiger partial charge in [-0.3, -0.25) is 0 Å². The Hall–Kier alpha value is -1.42. The fourth-order valence-electron chi connectivity index (χ4n) is 2.16. The number of aryl methyl sites for hydroxylation is 2. The van der Waals surface area contributed by atoms with Crippen molar-refractivity contribution in [3.05, 3.63) is 45.5 Å². The lowest BCUT2D eigenvalue weighted by molar-refractivity contribution is 0.624. The minimum absolute atomic E-state index is 0.295. The summed E-state index contributed by atoms with van der Waals surface area (Å²) in [5.41, 5.74) is 1.48. The molecule has 0 atom stereocenters. The van der Waals surface area contributed by atoms with Gasteiger partial charge in [0.25, 0.3) is 0 Å². The van der Waals surface area contributed by atoms with E-state index in [1.165, 1.54) is 40.6 Å². The predicted molar refractivity (Wildman–Crippen MR) is 67.9 cm³/mol. The van der Waals surface area contributed by atoms with Crippen LogP contribution in [0.5, 0.6) is 0 Å². The molecule has 0 radical (unpaired) electrons. The Morgan fingerprint density at radius 2 is 2.35 bits per heavy atom. The third kappa shape index (κ3) is 2.17. The van der Waals surface area contributed by atoms with Crippen LogP contribution in [0.1, 0.15) is 21.7 Å². The first-order valence-corrected chi connectivity index (χ1v) is 6.59. The molecule has 17 heavy (non-hydrogen) atoms. The zero-order chi connectivity index (χ0) is 11.7. The molecule has 0 saturated heterocycles. The molecule has 1 aliphatic rings. The predicted octanol–water partition coefficient (Wildman–Crippen LogP) is 3.38. The summed E-state index contributed by atoms with van der Waals surface area (Å²) >= 11 is 1.83. The van der Waals surface area contributed by atoms with Gasteiger partial charge in [0.15, 0.2) is 11.6 Å². The molecule has 3 rings (SSSR count). The van der Waals surface area contributed by atoms with Gasteiger partial charge in [-0.1, -0.05) is 0 Å². The molecule has 0 unspecified atom stereocenters. The zero-order valence-corrected chi connectivity index (χ0v) is 10.2. The normalized spacial score (nSPS) is 13.7. The lowest BCUT2D eigenvalue weighted by atomic mass is 10.2. The Morgan fingerprint density at radius 1 is 1.41 bits per heavy atom. The summed E-state index contributed by atoms with van der Waals surface area (Å²) in [4.78, 5) is 6.74. The summed E-state index contributed by atoms with van der Waals surface area (Å²) in [6, 6.07) is 5.25. The smallest absolute Gasteiger partial charge is 0.165 e. The van der Waals surface area contributed by atoms with Gasteiger partial charge in [-0.25, -0.2) is 9.37 Å². The number of thiophene rings is 1. The van der Waals surface area contributed by atoms with E-state index in [4.69, 9.17) is 0 Å². The summed E-state index contributed by atoms with van der Waals surface area (Å²) in [5, 5.41) is 3.04. The van der Waals surface area contributed by atoms with Crippen LogP contribution < -0.4 is 5.32 Å². The number of pyridine rings is 1. The summed E-state index contributed by atoms with van der Waals surface area (Å²) in [5.74, 6) is 0.0395. The number of halogens is 1. The molecule has 0 aromatic carbocycles. The van der Waals surface area contributed by atoms with E-state index >= 15 is 0 Å². The molecule has 0 amide bonds. The first kappa shape index (κ1) is 10.7. The summed E-state index contributed by atoms with van der Waals surface area (Å²) < 4.78 is 13.3. The number of anilines is 1. The van der Waals surface area contributed by atoms with Crippen molar-refractivity contribution < 1.29 is 4.39 Å². The summed E-state index contributed by atoms with van der Waals surface area (Å²) in [7, 11) is 0. The van der Waals surface area contributed by atoms with Crippen LogP contribution in [0.25, 0.3) is 0 Å². The molecule has 1 N–H and O–H groups in total. The van der Waals surface area contributed by atoms with Crippen LogP contribution in [0.3, 0.4) is 0 Å². The topological polar surface area (TPSA) is 24.9 Å². The Morgan fingerprint density at radius 3 is 3.18 bits per heavy atom. The van der Waals surface area contributed by atoms with E-state index in [0.29, 0.717) is 12.4 Å². The zero-order valence-electron chi connectivity index (χ0n) is 9.37. The van der Waals surface area contributed by atoms with Crippen molar-refractivity contribution >= 4 is 17.2 Å². The van der Waals surface area contributed by atoms with Gasteiger partial charge >= 0.3 is 0 Å². The van der Waals surface area contributed by atoms with Crippen LogP contribution in [-0.4, -0.2) is 4.98 Å². The van der Waals surface area contributed by atoms with Crippen molar-refractivity contribution in [2.75, 3.05) is 5.32 Å². The van der Waals surface area contributed by atoms with Crippen molar-refractivity contribution in [2.45, 2.75) is 25.8 Å². The highest BCUT2D eigenvalue weighted by Crippen LogP contribution is 2.30. The van der Waals surface area contributed by atoms with E-state index < -0.39 is 0 Å². The van der Waals surface area contributed by atoms with Crippen LogP contribution in [0, 0.1) is 5.82 Å². The van der Waals surface area contributed by atoms with E-state index in [2.05, 4.69) is 16.4 Å². The van der Waals surface area contributed by atoms with Crippen LogP contribution in [0.2, 0.25) is 0 Å². The maximum absolute atomic E-state index is 13.3. The highest BCUT2D eigenvalue weighted by Gasteiger charge is 2.14. The first-order chi connectivity index (χ1) is 8.33. The van der Waals surface area contributed by atoms with Gasteiger partial charge in [0.1, 0.15) is 0 Å². The molecule has 0 saturated carbocycles. The average Bonchev–Trinajstić information content (AvgIpc) is 2.88. The van der Waals surface area contributed by atoms with Gasteiger partial charge in [-0.05, 0) is 43.0 Å². The SMILES string of the molecule is Fc1cccnc1NCc1cc2c(s1)CCC2. The number of nitrogens with zero attached hydrogens (tertiary/aromatic N) is 1. The van der Waals surface area contributed by atoms with Gasteiger partial charge < -0.3 is 5.32 Å². The molecule has 2 nitrogen and oxygen atoms in total. The summed E-state index contributed by atoms with van der Waals surface area (Å²) in [6.07, 6.45) is 5.28. The average molecular weight is 248 g/mol. The third-order valence-electron chi connectivity index (χ3n) is 2.99. The standard InChI is InChI=1S/C13H13FN2S/c14-11-4-2-6-15-13(11)16-8-10-7-9-3-1-5-12(9)17-10/h2,4,6-7H,1,3,5,8H2,(H,15,16). The minimum Gasteiger partial charge on any atom is -0.363 e. The maximum Gasteiger partial charge on any atom is 0.165 e. The first-order valence-electron chi connectivity index (χ1n) is 5.78. The monoisotopic (exact) mass is 248 g/mol. The molecule has 2 aromatic heterocycles. The molecule has 0 spiro atoms. The van der Waals surface area contributed by atoms with E-state index in [1.807, 2.05) is 11.3 Å². The van der Waals surface area contributed by atoms with Gasteiger partial charge in [-0.15, -0.1) is 11.3 Å². The highest BCUT2D eigenvalue weighted by atomic mass is 32.1. The third-order valence-corrected chi connectivity index (χ3v) is 4.22. The lowest BCUT2D eigenvalue weighted by Gasteiger charge is -2.04. The van der Waals surface area contributed by atoms with Gasteiger partial charge in [0, 0.05) is 16.0 Å². The fraction of sp³-hybridized carbons (Fsp3) is 0.308. The van der Waals surface area contributed by atoms with Crippen LogP contribution >= 0.6 is 11.3 Å².